The number of hydrogen-bond acceptors (Lipinski definition) is 1. The van der Waals surface area contributed by atoms with Crippen molar-refractivity contribution < 1.29 is 31.1 Å². The molecule has 1 unspecified atom stereocenters. The molecule has 0 N–H and O–H groups in total. The standard InChI is InChI=1S/C21H32N.U/c1-7-9-10-20-11-13-21(14-12-20)22(6)19(5)16-18(4)15-17(3)8-2;/h7,11-14,17H,4-5,8-10,15-16H2,1-3,6H3;/q-1;. The molecule has 0 amide bonds. The number of rotatable bonds is 10. The Morgan fingerprint density at radius 3 is 2.35 bits per heavy atom. The summed E-state index contributed by atoms with van der Waals surface area (Å²) in [6.07, 6.45) is 7.65. The van der Waals surface area contributed by atoms with Crippen LogP contribution in [0, 0.1) is 43.5 Å². The molecule has 0 heterocycles. The van der Waals surface area contributed by atoms with Crippen molar-refractivity contribution in [3.05, 3.63) is 60.7 Å². The summed E-state index contributed by atoms with van der Waals surface area (Å²) in [5.74, 6) is 0.709. The zero-order valence-corrected chi connectivity index (χ0v) is 19.5. The largest absolute Gasteiger partial charge is 0.348 e. The number of benzene rings is 1. The van der Waals surface area contributed by atoms with Crippen LogP contribution in [0.2, 0.25) is 0 Å². The summed E-state index contributed by atoms with van der Waals surface area (Å²) < 4.78 is 0. The molecule has 1 nitrogen and oxygen atoms in total. The minimum atomic E-state index is 0. The molecule has 0 aliphatic heterocycles. The SMILES string of the molecule is C=C(CC(=C)N(C)c1ccc(CC[CH-]C)cc1)CC(C)CC.[U]. The summed E-state index contributed by atoms with van der Waals surface area (Å²) >= 11 is 0. The first-order valence-corrected chi connectivity index (χ1v) is 8.42. The maximum atomic E-state index is 4.24. The minimum Gasteiger partial charge on any atom is -0.348 e. The van der Waals surface area contributed by atoms with E-state index in [9.17, 15) is 0 Å². The molecule has 1 rings (SSSR count). The molecule has 0 aromatic heterocycles. The van der Waals surface area contributed by atoms with E-state index in [1.165, 1.54) is 23.2 Å². The van der Waals surface area contributed by atoms with Crippen LogP contribution in [0.4, 0.5) is 5.69 Å². The summed E-state index contributed by atoms with van der Waals surface area (Å²) in [6.45, 7) is 15.1. The first-order valence-electron chi connectivity index (χ1n) is 8.42. The molecule has 2 heteroatoms. The Morgan fingerprint density at radius 1 is 1.22 bits per heavy atom. The maximum absolute atomic E-state index is 4.24. The van der Waals surface area contributed by atoms with Crippen LogP contribution in [-0.4, -0.2) is 7.05 Å². The van der Waals surface area contributed by atoms with Crippen LogP contribution in [0.1, 0.15) is 52.0 Å². The average molecular weight is 537 g/mol. The van der Waals surface area contributed by atoms with Crippen molar-refractivity contribution in [3.63, 3.8) is 0 Å². The quantitative estimate of drug-likeness (QED) is 0.255. The number of allylic oxidation sites excluding steroid dienone is 1. The van der Waals surface area contributed by atoms with Crippen LogP contribution in [0.5, 0.6) is 0 Å². The van der Waals surface area contributed by atoms with Gasteiger partial charge in [0.1, 0.15) is 0 Å². The van der Waals surface area contributed by atoms with Crippen molar-refractivity contribution in [1.82, 2.24) is 0 Å². The summed E-state index contributed by atoms with van der Waals surface area (Å²) in [5.41, 5.74) is 4.98. The van der Waals surface area contributed by atoms with E-state index < -0.39 is 0 Å². The average Bonchev–Trinajstić information content (AvgIpc) is 2.52. The van der Waals surface area contributed by atoms with Gasteiger partial charge in [0.05, 0.1) is 0 Å². The number of aryl methyl sites for hydroxylation is 1. The van der Waals surface area contributed by atoms with E-state index in [0.29, 0.717) is 5.92 Å². The van der Waals surface area contributed by atoms with Crippen molar-refractivity contribution in [1.29, 1.82) is 0 Å². The van der Waals surface area contributed by atoms with Gasteiger partial charge in [-0.25, -0.2) is 0 Å². The van der Waals surface area contributed by atoms with E-state index in [2.05, 4.69) is 76.6 Å². The van der Waals surface area contributed by atoms with Gasteiger partial charge in [-0.05, 0) is 24.5 Å². The summed E-state index contributed by atoms with van der Waals surface area (Å²) in [4.78, 5) is 2.18. The van der Waals surface area contributed by atoms with Gasteiger partial charge in [0.25, 0.3) is 0 Å². The Morgan fingerprint density at radius 2 is 1.83 bits per heavy atom. The molecule has 1 aromatic carbocycles. The Labute approximate surface area is 167 Å². The molecule has 0 radical (unpaired) electrons. The number of unbranched alkanes of at least 4 members (excludes halogenated alkanes) is 1. The molecule has 1 atom stereocenters. The topological polar surface area (TPSA) is 3.24 Å². The second-order valence-corrected chi connectivity index (χ2v) is 6.38. The Bertz CT molecular complexity index is 475. The molecule has 0 saturated carbocycles. The van der Waals surface area contributed by atoms with E-state index in [4.69, 9.17) is 0 Å². The van der Waals surface area contributed by atoms with E-state index in [1.807, 2.05) is 0 Å². The zero-order valence-electron chi connectivity index (χ0n) is 15.4. The normalized spacial score (nSPS) is 11.5. The molecule has 23 heavy (non-hydrogen) atoms. The van der Waals surface area contributed by atoms with Gasteiger partial charge in [-0.15, -0.1) is 0 Å². The van der Waals surface area contributed by atoms with Crippen LogP contribution in [-0.2, 0) is 6.42 Å². The Kier molecular flexibility index (Phi) is 11.8. The summed E-state index contributed by atoms with van der Waals surface area (Å²) in [7, 11) is 2.09. The molecule has 1 aromatic rings. The molecule has 0 saturated heterocycles. The molecule has 0 bridgehead atoms. The first kappa shape index (κ1) is 22.6. The third-order valence-corrected chi connectivity index (χ3v) is 4.31. The first-order chi connectivity index (χ1) is 10.5. The van der Waals surface area contributed by atoms with Gasteiger partial charge in [0, 0.05) is 56.0 Å². The number of hydrogen-bond donors (Lipinski definition) is 0. The van der Waals surface area contributed by atoms with Crippen LogP contribution in [0.3, 0.4) is 0 Å². The van der Waals surface area contributed by atoms with Crippen LogP contribution >= 0.6 is 0 Å². The van der Waals surface area contributed by atoms with Crippen LogP contribution in [0.25, 0.3) is 0 Å². The van der Waals surface area contributed by atoms with Gasteiger partial charge in [-0.3, -0.25) is 0 Å². The predicted octanol–water partition coefficient (Wildman–Crippen LogP) is 6.18. The van der Waals surface area contributed by atoms with Crippen molar-refractivity contribution in [2.24, 2.45) is 5.92 Å². The summed E-state index contributed by atoms with van der Waals surface area (Å²) in [6, 6.07) is 8.81. The second-order valence-electron chi connectivity index (χ2n) is 6.38. The molecule has 0 aliphatic carbocycles. The van der Waals surface area contributed by atoms with E-state index >= 15 is 0 Å². The van der Waals surface area contributed by atoms with Crippen LogP contribution in [0.15, 0.2) is 48.7 Å². The van der Waals surface area contributed by atoms with Crippen molar-refractivity contribution in [3.8, 4) is 0 Å². The summed E-state index contributed by atoms with van der Waals surface area (Å²) in [5, 5.41) is 0. The second kappa shape index (κ2) is 12.0. The van der Waals surface area contributed by atoms with Gasteiger partial charge >= 0.3 is 0 Å². The van der Waals surface area contributed by atoms with Gasteiger partial charge in [-0.2, -0.15) is 13.3 Å². The third kappa shape index (κ3) is 8.28. The molecule has 0 spiro atoms. The number of anilines is 1. The minimum absolute atomic E-state index is 0. The van der Waals surface area contributed by atoms with Gasteiger partial charge < -0.3 is 11.3 Å². The molecule has 0 aliphatic rings. The molecule has 126 valence electrons. The van der Waals surface area contributed by atoms with Crippen molar-refractivity contribution in [2.45, 2.75) is 52.9 Å². The fourth-order valence-electron chi connectivity index (χ4n) is 2.50. The van der Waals surface area contributed by atoms with E-state index in [-0.39, 0.29) is 31.1 Å². The fourth-order valence-corrected chi connectivity index (χ4v) is 2.50. The van der Waals surface area contributed by atoms with Gasteiger partial charge in [0.2, 0.25) is 0 Å². The fraction of sp³-hybridized carbons (Fsp3) is 0.476. The molecule has 0 fully saturated rings. The maximum Gasteiger partial charge on any atom is 0.0405 e. The van der Waals surface area contributed by atoms with E-state index in [0.717, 1.165) is 31.4 Å². The van der Waals surface area contributed by atoms with E-state index in [1.54, 1.807) is 0 Å². The number of nitrogens with zero attached hydrogens (tertiary/aromatic N) is 1. The monoisotopic (exact) mass is 536 g/mol. The van der Waals surface area contributed by atoms with Crippen molar-refractivity contribution >= 4 is 5.69 Å². The van der Waals surface area contributed by atoms with Crippen molar-refractivity contribution in [2.75, 3.05) is 11.9 Å². The Balaban J connectivity index is 0.00000484. The third-order valence-electron chi connectivity index (χ3n) is 4.31. The Hall–Kier alpha value is -0.448. The predicted molar refractivity (Wildman–Crippen MR) is 100 cm³/mol. The van der Waals surface area contributed by atoms with Gasteiger partial charge in [0.15, 0.2) is 0 Å². The zero-order chi connectivity index (χ0) is 16.5. The van der Waals surface area contributed by atoms with Crippen LogP contribution < -0.4 is 4.90 Å². The molecular formula is C21H32NU-. The van der Waals surface area contributed by atoms with Gasteiger partial charge in [-0.1, -0.05) is 63.1 Å². The smallest absolute Gasteiger partial charge is 0.0405 e. The molecular weight excluding hydrogens is 504 g/mol.